The highest BCUT2D eigenvalue weighted by molar-refractivity contribution is 4.71. The molecule has 1 fully saturated rings. The van der Waals surface area contributed by atoms with Crippen molar-refractivity contribution < 1.29 is 0 Å². The highest BCUT2D eigenvalue weighted by Gasteiger charge is 2.20. The topological polar surface area (TPSA) is 0 Å². The molecule has 1 saturated carbocycles. The summed E-state index contributed by atoms with van der Waals surface area (Å²) in [5.74, 6) is 2.12. The smallest absolute Gasteiger partial charge is 0.0386 e. The highest BCUT2D eigenvalue weighted by Crippen LogP contribution is 2.33. The van der Waals surface area contributed by atoms with Gasteiger partial charge in [-0.2, -0.15) is 0 Å². The van der Waals surface area contributed by atoms with E-state index in [0.29, 0.717) is 0 Å². The summed E-state index contributed by atoms with van der Waals surface area (Å²) in [6.07, 6.45) is 13.0. The summed E-state index contributed by atoms with van der Waals surface area (Å²) in [6, 6.07) is 0. The second kappa shape index (κ2) is 10.5. The fraction of sp³-hybridized carbons (Fsp3) is 1.00. The second-order valence-corrected chi connectivity index (χ2v) is 4.97. The van der Waals surface area contributed by atoms with Gasteiger partial charge in [-0.3, -0.25) is 0 Å². The van der Waals surface area contributed by atoms with Crippen molar-refractivity contribution in [3.8, 4) is 0 Å². The first-order chi connectivity index (χ1) is 7.29. The SMILES string of the molecule is CCC(CC)C1CCCCC1.CCCC. The van der Waals surface area contributed by atoms with Crippen molar-refractivity contribution in [2.24, 2.45) is 11.8 Å². The summed E-state index contributed by atoms with van der Waals surface area (Å²) >= 11 is 0. The summed E-state index contributed by atoms with van der Waals surface area (Å²) in [4.78, 5) is 0. The zero-order chi connectivity index (χ0) is 11.5. The molecule has 0 heteroatoms. The van der Waals surface area contributed by atoms with Gasteiger partial charge in [0, 0.05) is 0 Å². The lowest BCUT2D eigenvalue weighted by Crippen LogP contribution is -2.16. The van der Waals surface area contributed by atoms with Crippen LogP contribution in [0.1, 0.15) is 85.5 Å². The van der Waals surface area contributed by atoms with Gasteiger partial charge in [0.15, 0.2) is 0 Å². The van der Waals surface area contributed by atoms with Crippen LogP contribution in [0.5, 0.6) is 0 Å². The van der Waals surface area contributed by atoms with Crippen LogP contribution in [0.25, 0.3) is 0 Å². The molecule has 0 heterocycles. The van der Waals surface area contributed by atoms with Crippen LogP contribution in [-0.2, 0) is 0 Å². The Morgan fingerprint density at radius 3 is 1.60 bits per heavy atom. The van der Waals surface area contributed by atoms with E-state index >= 15 is 0 Å². The standard InChI is InChI=1S/C11H22.C4H10/c1-3-10(4-2)11-8-6-5-7-9-11;1-3-4-2/h10-11H,3-9H2,1-2H3;3-4H2,1-2H3. The molecule has 0 nitrogen and oxygen atoms in total. The van der Waals surface area contributed by atoms with Crippen LogP contribution in [0.2, 0.25) is 0 Å². The molecule has 92 valence electrons. The molecular weight excluding hydrogens is 180 g/mol. The third-order valence-electron chi connectivity index (χ3n) is 3.87. The summed E-state index contributed by atoms with van der Waals surface area (Å²) in [7, 11) is 0. The summed E-state index contributed by atoms with van der Waals surface area (Å²) in [5.41, 5.74) is 0. The third kappa shape index (κ3) is 6.98. The molecular formula is C15H32. The van der Waals surface area contributed by atoms with Gasteiger partial charge in [0.2, 0.25) is 0 Å². The van der Waals surface area contributed by atoms with E-state index in [1.54, 1.807) is 0 Å². The van der Waals surface area contributed by atoms with E-state index in [4.69, 9.17) is 0 Å². The van der Waals surface area contributed by atoms with Crippen LogP contribution in [-0.4, -0.2) is 0 Å². The Labute approximate surface area is 97.8 Å². The van der Waals surface area contributed by atoms with E-state index in [9.17, 15) is 0 Å². The minimum absolute atomic E-state index is 1.04. The average molecular weight is 212 g/mol. The van der Waals surface area contributed by atoms with Crippen LogP contribution >= 0.6 is 0 Å². The zero-order valence-corrected chi connectivity index (χ0v) is 11.5. The fourth-order valence-electron chi connectivity index (χ4n) is 2.56. The average Bonchev–Trinajstić information content (AvgIpc) is 2.32. The number of hydrogen-bond donors (Lipinski definition) is 0. The quantitative estimate of drug-likeness (QED) is 0.551. The maximum atomic E-state index is 2.35. The Morgan fingerprint density at radius 2 is 1.27 bits per heavy atom. The molecule has 0 spiro atoms. The second-order valence-electron chi connectivity index (χ2n) is 4.97. The number of hydrogen-bond acceptors (Lipinski definition) is 0. The Bertz CT molecular complexity index is 105. The van der Waals surface area contributed by atoms with E-state index in [-0.39, 0.29) is 0 Å². The lowest BCUT2D eigenvalue weighted by atomic mass is 9.78. The maximum absolute atomic E-state index is 2.35. The van der Waals surface area contributed by atoms with Crippen LogP contribution in [0.3, 0.4) is 0 Å². The first kappa shape index (κ1) is 15.0. The molecule has 1 rings (SSSR count). The van der Waals surface area contributed by atoms with Crippen molar-refractivity contribution in [1.82, 2.24) is 0 Å². The van der Waals surface area contributed by atoms with Gasteiger partial charge in [0.25, 0.3) is 0 Å². The highest BCUT2D eigenvalue weighted by atomic mass is 14.3. The Hall–Kier alpha value is 0. The van der Waals surface area contributed by atoms with E-state index in [2.05, 4.69) is 27.7 Å². The van der Waals surface area contributed by atoms with Crippen molar-refractivity contribution in [2.75, 3.05) is 0 Å². The molecule has 0 radical (unpaired) electrons. The Kier molecular flexibility index (Phi) is 10.5. The molecule has 1 aliphatic rings. The van der Waals surface area contributed by atoms with E-state index < -0.39 is 0 Å². The van der Waals surface area contributed by atoms with E-state index in [1.165, 1.54) is 57.8 Å². The van der Waals surface area contributed by atoms with Crippen LogP contribution in [0.4, 0.5) is 0 Å². The molecule has 0 aromatic carbocycles. The van der Waals surface area contributed by atoms with Crippen molar-refractivity contribution >= 4 is 0 Å². The van der Waals surface area contributed by atoms with Gasteiger partial charge < -0.3 is 0 Å². The van der Waals surface area contributed by atoms with Crippen LogP contribution in [0.15, 0.2) is 0 Å². The summed E-state index contributed by atoms with van der Waals surface area (Å²) < 4.78 is 0. The van der Waals surface area contributed by atoms with Gasteiger partial charge in [0.1, 0.15) is 0 Å². The first-order valence-corrected chi connectivity index (χ1v) is 7.29. The molecule has 0 N–H and O–H groups in total. The van der Waals surface area contributed by atoms with Crippen LogP contribution in [0, 0.1) is 11.8 Å². The van der Waals surface area contributed by atoms with Crippen molar-refractivity contribution in [3.63, 3.8) is 0 Å². The van der Waals surface area contributed by atoms with Gasteiger partial charge >= 0.3 is 0 Å². The Morgan fingerprint density at radius 1 is 0.800 bits per heavy atom. The van der Waals surface area contributed by atoms with Gasteiger partial charge in [-0.1, -0.05) is 85.5 Å². The zero-order valence-electron chi connectivity index (χ0n) is 11.5. The Balaban J connectivity index is 0.000000423. The maximum Gasteiger partial charge on any atom is -0.0386 e. The lowest BCUT2D eigenvalue weighted by molar-refractivity contribution is 0.236. The summed E-state index contributed by atoms with van der Waals surface area (Å²) in [6.45, 7) is 9.06. The predicted octanol–water partition coefficient (Wildman–Crippen LogP) is 5.81. The molecule has 0 aromatic heterocycles. The number of rotatable bonds is 4. The van der Waals surface area contributed by atoms with Crippen molar-refractivity contribution in [1.29, 1.82) is 0 Å². The lowest BCUT2D eigenvalue weighted by Gasteiger charge is -2.28. The normalized spacial score (nSPS) is 17.4. The number of unbranched alkanes of at least 4 members (excludes halogenated alkanes) is 1. The van der Waals surface area contributed by atoms with Gasteiger partial charge in [0.05, 0.1) is 0 Å². The molecule has 0 aromatic rings. The molecule has 0 bridgehead atoms. The predicted molar refractivity (Wildman–Crippen MR) is 71.2 cm³/mol. The van der Waals surface area contributed by atoms with Crippen molar-refractivity contribution in [3.05, 3.63) is 0 Å². The molecule has 1 aliphatic carbocycles. The van der Waals surface area contributed by atoms with Gasteiger partial charge in [-0.05, 0) is 11.8 Å². The molecule has 0 aliphatic heterocycles. The minimum Gasteiger partial charge on any atom is -0.0654 e. The molecule has 0 saturated heterocycles. The monoisotopic (exact) mass is 212 g/mol. The third-order valence-corrected chi connectivity index (χ3v) is 3.87. The largest absolute Gasteiger partial charge is 0.0654 e. The van der Waals surface area contributed by atoms with E-state index in [0.717, 1.165) is 11.8 Å². The molecule has 0 unspecified atom stereocenters. The molecule has 0 atom stereocenters. The minimum atomic E-state index is 1.04. The molecule has 0 amide bonds. The fourth-order valence-corrected chi connectivity index (χ4v) is 2.56. The van der Waals surface area contributed by atoms with Gasteiger partial charge in [-0.15, -0.1) is 0 Å². The molecule has 15 heavy (non-hydrogen) atoms. The van der Waals surface area contributed by atoms with E-state index in [1.807, 2.05) is 0 Å². The van der Waals surface area contributed by atoms with Crippen molar-refractivity contribution in [2.45, 2.75) is 85.5 Å². The van der Waals surface area contributed by atoms with Crippen LogP contribution < -0.4 is 0 Å². The first-order valence-electron chi connectivity index (χ1n) is 7.29. The van der Waals surface area contributed by atoms with Gasteiger partial charge in [-0.25, -0.2) is 0 Å². The summed E-state index contributed by atoms with van der Waals surface area (Å²) in [5, 5.41) is 0.